The third-order valence-corrected chi connectivity index (χ3v) is 2.75. The van der Waals surface area contributed by atoms with Crippen molar-refractivity contribution in [3.8, 4) is 0 Å². The molecule has 1 aromatic carbocycles. The highest BCUT2D eigenvalue weighted by molar-refractivity contribution is 5.49. The topological polar surface area (TPSA) is 42.2 Å². The number of nitrogens with zero attached hydrogens (tertiary/aromatic N) is 2. The number of hydrogen-bond acceptors (Lipinski definition) is 3. The van der Waals surface area contributed by atoms with Crippen molar-refractivity contribution in [2.75, 3.05) is 17.7 Å². The number of pyridine rings is 1. The number of benzene rings is 1. The number of para-hydroxylation sites is 1. The molecule has 0 fully saturated rings. The van der Waals surface area contributed by atoms with Crippen LogP contribution in [0.5, 0.6) is 0 Å². The monoisotopic (exact) mass is 227 g/mol. The van der Waals surface area contributed by atoms with Gasteiger partial charge in [0.2, 0.25) is 0 Å². The SMILES string of the molecule is Cc1ccnc(N(C)Cc2ccccc2N)c1. The molecule has 0 amide bonds. The van der Waals surface area contributed by atoms with Gasteiger partial charge in [0.15, 0.2) is 0 Å². The Bertz CT molecular complexity index is 508. The van der Waals surface area contributed by atoms with E-state index in [0.29, 0.717) is 0 Å². The van der Waals surface area contributed by atoms with E-state index < -0.39 is 0 Å². The van der Waals surface area contributed by atoms with Gasteiger partial charge < -0.3 is 10.6 Å². The van der Waals surface area contributed by atoms with Crippen molar-refractivity contribution in [3.05, 3.63) is 53.7 Å². The number of aryl methyl sites for hydroxylation is 1. The minimum atomic E-state index is 0.767. The van der Waals surface area contributed by atoms with E-state index in [1.54, 1.807) is 0 Å². The smallest absolute Gasteiger partial charge is 0.128 e. The number of aromatic nitrogens is 1. The molecule has 2 rings (SSSR count). The summed E-state index contributed by atoms with van der Waals surface area (Å²) in [5.74, 6) is 0.966. The third kappa shape index (κ3) is 2.75. The highest BCUT2D eigenvalue weighted by Gasteiger charge is 2.05. The molecule has 0 spiro atoms. The highest BCUT2D eigenvalue weighted by Crippen LogP contribution is 2.17. The minimum absolute atomic E-state index is 0.767. The number of anilines is 2. The van der Waals surface area contributed by atoms with E-state index >= 15 is 0 Å². The van der Waals surface area contributed by atoms with Crippen LogP contribution in [0.3, 0.4) is 0 Å². The molecule has 0 aliphatic heterocycles. The summed E-state index contributed by atoms with van der Waals surface area (Å²) >= 11 is 0. The zero-order valence-electron chi connectivity index (χ0n) is 10.2. The molecular weight excluding hydrogens is 210 g/mol. The standard InChI is InChI=1S/C14H17N3/c1-11-7-8-16-14(9-11)17(2)10-12-5-3-4-6-13(12)15/h3-9H,10,15H2,1-2H3. The van der Waals surface area contributed by atoms with E-state index in [9.17, 15) is 0 Å². The molecule has 0 bridgehead atoms. The third-order valence-electron chi connectivity index (χ3n) is 2.75. The first kappa shape index (κ1) is 11.5. The van der Waals surface area contributed by atoms with Crippen molar-refractivity contribution >= 4 is 11.5 Å². The Morgan fingerprint density at radius 2 is 2.00 bits per heavy atom. The molecule has 0 radical (unpaired) electrons. The van der Waals surface area contributed by atoms with Gasteiger partial charge in [0.25, 0.3) is 0 Å². The fraction of sp³-hybridized carbons (Fsp3) is 0.214. The zero-order chi connectivity index (χ0) is 12.3. The van der Waals surface area contributed by atoms with E-state index in [2.05, 4.69) is 22.9 Å². The molecule has 1 aromatic heterocycles. The summed E-state index contributed by atoms with van der Waals surface area (Å²) < 4.78 is 0. The van der Waals surface area contributed by atoms with Gasteiger partial charge in [-0.1, -0.05) is 18.2 Å². The van der Waals surface area contributed by atoms with Gasteiger partial charge in [0, 0.05) is 25.5 Å². The lowest BCUT2D eigenvalue weighted by molar-refractivity contribution is 0.898. The van der Waals surface area contributed by atoms with Crippen LogP contribution in [0.25, 0.3) is 0 Å². The molecule has 0 aliphatic rings. The van der Waals surface area contributed by atoms with E-state index in [0.717, 1.165) is 23.6 Å². The first-order valence-corrected chi connectivity index (χ1v) is 5.64. The summed E-state index contributed by atoms with van der Waals surface area (Å²) in [4.78, 5) is 6.45. The number of rotatable bonds is 3. The Hall–Kier alpha value is -2.03. The molecule has 0 saturated heterocycles. The Kier molecular flexibility index (Phi) is 3.28. The molecule has 3 nitrogen and oxygen atoms in total. The lowest BCUT2D eigenvalue weighted by Crippen LogP contribution is -2.18. The summed E-state index contributed by atoms with van der Waals surface area (Å²) in [6.07, 6.45) is 1.83. The summed E-state index contributed by atoms with van der Waals surface area (Å²) in [6.45, 7) is 2.83. The van der Waals surface area contributed by atoms with E-state index in [-0.39, 0.29) is 0 Å². The largest absolute Gasteiger partial charge is 0.398 e. The van der Waals surface area contributed by atoms with Gasteiger partial charge in [-0.05, 0) is 36.2 Å². The van der Waals surface area contributed by atoms with Crippen molar-refractivity contribution in [1.29, 1.82) is 0 Å². The van der Waals surface area contributed by atoms with Crippen LogP contribution >= 0.6 is 0 Å². The van der Waals surface area contributed by atoms with Crippen LogP contribution in [0, 0.1) is 6.92 Å². The van der Waals surface area contributed by atoms with Crippen LogP contribution in [0.4, 0.5) is 11.5 Å². The minimum Gasteiger partial charge on any atom is -0.398 e. The predicted octanol–water partition coefficient (Wildman–Crippen LogP) is 2.61. The fourth-order valence-corrected chi connectivity index (χ4v) is 1.74. The maximum absolute atomic E-state index is 5.93. The highest BCUT2D eigenvalue weighted by atomic mass is 15.2. The first-order valence-electron chi connectivity index (χ1n) is 5.64. The average Bonchev–Trinajstić information content (AvgIpc) is 2.32. The Labute approximate surface area is 102 Å². The van der Waals surface area contributed by atoms with Crippen LogP contribution in [-0.2, 0) is 6.54 Å². The maximum Gasteiger partial charge on any atom is 0.128 e. The first-order chi connectivity index (χ1) is 8.16. The second-order valence-corrected chi connectivity index (χ2v) is 4.25. The van der Waals surface area contributed by atoms with Crippen molar-refractivity contribution < 1.29 is 0 Å². The molecule has 2 aromatic rings. The van der Waals surface area contributed by atoms with Crippen LogP contribution in [0.15, 0.2) is 42.6 Å². The van der Waals surface area contributed by atoms with Crippen molar-refractivity contribution in [1.82, 2.24) is 4.98 Å². The van der Waals surface area contributed by atoms with Gasteiger partial charge >= 0.3 is 0 Å². The molecule has 3 heteroatoms. The summed E-state index contributed by atoms with van der Waals surface area (Å²) in [5.41, 5.74) is 9.09. The van der Waals surface area contributed by atoms with Crippen LogP contribution in [0.1, 0.15) is 11.1 Å². The quantitative estimate of drug-likeness (QED) is 0.819. The lowest BCUT2D eigenvalue weighted by atomic mass is 10.1. The van der Waals surface area contributed by atoms with Crippen molar-refractivity contribution in [2.24, 2.45) is 0 Å². The molecule has 0 aliphatic carbocycles. The zero-order valence-corrected chi connectivity index (χ0v) is 10.2. The second-order valence-electron chi connectivity index (χ2n) is 4.25. The average molecular weight is 227 g/mol. The molecule has 17 heavy (non-hydrogen) atoms. The number of hydrogen-bond donors (Lipinski definition) is 1. The molecule has 88 valence electrons. The molecule has 0 saturated carbocycles. The predicted molar refractivity (Wildman–Crippen MR) is 71.9 cm³/mol. The summed E-state index contributed by atoms with van der Waals surface area (Å²) in [6, 6.07) is 12.0. The Morgan fingerprint density at radius 1 is 1.24 bits per heavy atom. The van der Waals surface area contributed by atoms with Gasteiger partial charge in [-0.2, -0.15) is 0 Å². The van der Waals surface area contributed by atoms with Crippen LogP contribution in [-0.4, -0.2) is 12.0 Å². The molecule has 0 atom stereocenters. The van der Waals surface area contributed by atoms with E-state index in [4.69, 9.17) is 5.73 Å². The van der Waals surface area contributed by atoms with Crippen LogP contribution < -0.4 is 10.6 Å². The fourth-order valence-electron chi connectivity index (χ4n) is 1.74. The molecule has 1 heterocycles. The van der Waals surface area contributed by atoms with Gasteiger partial charge in [0.1, 0.15) is 5.82 Å². The second kappa shape index (κ2) is 4.87. The van der Waals surface area contributed by atoms with Crippen LogP contribution in [0.2, 0.25) is 0 Å². The number of nitrogen functional groups attached to an aromatic ring is 1. The summed E-state index contributed by atoms with van der Waals surface area (Å²) in [5, 5.41) is 0. The van der Waals surface area contributed by atoms with Gasteiger partial charge in [-0.15, -0.1) is 0 Å². The number of nitrogens with two attached hydrogens (primary N) is 1. The van der Waals surface area contributed by atoms with Gasteiger partial charge in [0.05, 0.1) is 0 Å². The normalized spacial score (nSPS) is 10.2. The lowest BCUT2D eigenvalue weighted by Gasteiger charge is -2.19. The Morgan fingerprint density at radius 3 is 2.71 bits per heavy atom. The maximum atomic E-state index is 5.93. The van der Waals surface area contributed by atoms with Gasteiger partial charge in [-0.25, -0.2) is 4.98 Å². The van der Waals surface area contributed by atoms with E-state index in [1.165, 1.54) is 5.56 Å². The van der Waals surface area contributed by atoms with Crippen molar-refractivity contribution in [3.63, 3.8) is 0 Å². The molecule has 0 unspecified atom stereocenters. The van der Waals surface area contributed by atoms with Gasteiger partial charge in [-0.3, -0.25) is 0 Å². The molecular formula is C14H17N3. The molecule has 2 N–H and O–H groups in total. The Balaban J connectivity index is 2.17. The van der Waals surface area contributed by atoms with Crippen molar-refractivity contribution in [2.45, 2.75) is 13.5 Å². The summed E-state index contributed by atoms with van der Waals surface area (Å²) in [7, 11) is 2.02. The van der Waals surface area contributed by atoms with E-state index in [1.807, 2.05) is 43.6 Å².